The number of benzene rings is 1. The molecule has 1 aliphatic rings. The Labute approximate surface area is 189 Å². The first-order valence-electron chi connectivity index (χ1n) is 11.5. The summed E-state index contributed by atoms with van der Waals surface area (Å²) in [6, 6.07) is 6.21. The van der Waals surface area contributed by atoms with Gasteiger partial charge in [0.05, 0.1) is 26.7 Å². The lowest BCUT2D eigenvalue weighted by molar-refractivity contribution is -0.132. The summed E-state index contributed by atoms with van der Waals surface area (Å²) in [7, 11) is 0. The Kier molecular flexibility index (Phi) is 8.06. The lowest BCUT2D eigenvalue weighted by atomic mass is 9.73. The van der Waals surface area contributed by atoms with Gasteiger partial charge in [-0.2, -0.15) is 0 Å². The van der Waals surface area contributed by atoms with Gasteiger partial charge in [-0.05, 0) is 36.5 Å². The standard InChI is InChI=1S/C24H36N4O2S/c1-4-21(29)27-18(14-26-23(30)24(15-25)10-6-5-7-11-24)13-22-28-19-9-8-17(16(2)3)12-20(19)31-22/h8-9,12,16,18H,4-7,10-11,13-15,25H2,1-3H3,(H,26,30)(H,27,29)/t18-/m0/s1. The Morgan fingerprint density at radius 3 is 2.61 bits per heavy atom. The number of carbonyl (C=O) groups excluding carboxylic acids is 2. The third-order valence-corrected chi connectivity index (χ3v) is 7.46. The molecule has 0 aliphatic heterocycles. The van der Waals surface area contributed by atoms with Gasteiger partial charge in [-0.1, -0.05) is 46.1 Å². The van der Waals surface area contributed by atoms with Gasteiger partial charge in [-0.3, -0.25) is 9.59 Å². The minimum Gasteiger partial charge on any atom is -0.354 e. The summed E-state index contributed by atoms with van der Waals surface area (Å²) in [5.74, 6) is 0.474. The molecule has 1 aliphatic carbocycles. The number of nitrogens with two attached hydrogens (primary N) is 1. The normalized spacial score (nSPS) is 16.9. The van der Waals surface area contributed by atoms with E-state index >= 15 is 0 Å². The van der Waals surface area contributed by atoms with Crippen LogP contribution in [-0.2, 0) is 16.0 Å². The van der Waals surface area contributed by atoms with Crippen molar-refractivity contribution in [2.45, 2.75) is 77.7 Å². The van der Waals surface area contributed by atoms with E-state index in [1.54, 1.807) is 11.3 Å². The molecule has 0 bridgehead atoms. The fraction of sp³-hybridized carbons (Fsp3) is 0.625. The maximum atomic E-state index is 13.0. The molecule has 0 unspecified atom stereocenters. The zero-order valence-corrected chi connectivity index (χ0v) is 19.8. The van der Waals surface area contributed by atoms with Crippen LogP contribution in [0.25, 0.3) is 10.2 Å². The van der Waals surface area contributed by atoms with Crippen LogP contribution < -0.4 is 16.4 Å². The Bertz CT molecular complexity index is 902. The van der Waals surface area contributed by atoms with Gasteiger partial charge in [0.15, 0.2) is 0 Å². The molecule has 3 rings (SSSR count). The second-order valence-corrected chi connectivity index (χ2v) is 10.2. The number of nitrogens with zero attached hydrogens (tertiary/aromatic N) is 1. The van der Waals surface area contributed by atoms with Crippen LogP contribution in [0.2, 0.25) is 0 Å². The number of amides is 2. The summed E-state index contributed by atoms with van der Waals surface area (Å²) in [5, 5.41) is 7.12. The monoisotopic (exact) mass is 444 g/mol. The number of carbonyl (C=O) groups is 2. The van der Waals surface area contributed by atoms with Crippen LogP contribution in [0.15, 0.2) is 18.2 Å². The topological polar surface area (TPSA) is 97.1 Å². The fourth-order valence-corrected chi connectivity index (χ4v) is 5.40. The zero-order chi connectivity index (χ0) is 22.4. The lowest BCUT2D eigenvalue weighted by Crippen LogP contribution is -2.51. The van der Waals surface area contributed by atoms with E-state index < -0.39 is 5.41 Å². The average molecular weight is 445 g/mol. The molecule has 170 valence electrons. The number of aromatic nitrogens is 1. The summed E-state index contributed by atoms with van der Waals surface area (Å²) in [6.45, 7) is 6.97. The van der Waals surface area contributed by atoms with Crippen molar-refractivity contribution >= 4 is 33.4 Å². The lowest BCUT2D eigenvalue weighted by Gasteiger charge is -2.35. The number of hydrogen-bond acceptors (Lipinski definition) is 5. The summed E-state index contributed by atoms with van der Waals surface area (Å²) in [4.78, 5) is 29.9. The predicted octanol–water partition coefficient (Wildman–Crippen LogP) is 3.88. The Hall–Kier alpha value is -1.99. The van der Waals surface area contributed by atoms with Crippen LogP contribution in [-0.4, -0.2) is 35.9 Å². The second-order valence-electron chi connectivity index (χ2n) is 9.07. The second kappa shape index (κ2) is 10.6. The van der Waals surface area contributed by atoms with Crippen molar-refractivity contribution in [2.75, 3.05) is 13.1 Å². The van der Waals surface area contributed by atoms with Crippen molar-refractivity contribution in [2.24, 2.45) is 11.1 Å². The summed E-state index contributed by atoms with van der Waals surface area (Å²) >= 11 is 1.66. The molecular weight excluding hydrogens is 408 g/mol. The zero-order valence-electron chi connectivity index (χ0n) is 19.0. The molecule has 0 spiro atoms. The van der Waals surface area contributed by atoms with Gasteiger partial charge in [0.25, 0.3) is 0 Å². The molecule has 1 aromatic carbocycles. The maximum absolute atomic E-state index is 13.0. The fourth-order valence-electron chi connectivity index (χ4n) is 4.31. The Balaban J connectivity index is 1.71. The molecular formula is C24H36N4O2S. The molecule has 1 aromatic heterocycles. The van der Waals surface area contributed by atoms with Gasteiger partial charge in [0, 0.05) is 25.9 Å². The quantitative estimate of drug-likeness (QED) is 0.547. The molecule has 1 saturated carbocycles. The van der Waals surface area contributed by atoms with Crippen LogP contribution in [0.1, 0.15) is 75.8 Å². The number of hydrogen-bond donors (Lipinski definition) is 3. The van der Waals surface area contributed by atoms with Crippen molar-refractivity contribution in [3.63, 3.8) is 0 Å². The Morgan fingerprint density at radius 1 is 1.23 bits per heavy atom. The molecule has 1 atom stereocenters. The van der Waals surface area contributed by atoms with Gasteiger partial charge >= 0.3 is 0 Å². The molecule has 0 radical (unpaired) electrons. The highest BCUT2D eigenvalue weighted by Gasteiger charge is 2.38. The highest BCUT2D eigenvalue weighted by atomic mass is 32.1. The van der Waals surface area contributed by atoms with Crippen molar-refractivity contribution in [3.8, 4) is 0 Å². The minimum atomic E-state index is -0.458. The first-order valence-corrected chi connectivity index (χ1v) is 12.4. The van der Waals surface area contributed by atoms with E-state index in [-0.39, 0.29) is 17.9 Å². The third-order valence-electron chi connectivity index (χ3n) is 6.42. The first-order chi connectivity index (χ1) is 14.9. The minimum absolute atomic E-state index is 0.0198. The van der Waals surface area contributed by atoms with E-state index in [1.165, 1.54) is 12.0 Å². The molecule has 1 heterocycles. The molecule has 31 heavy (non-hydrogen) atoms. The molecule has 2 amide bonds. The van der Waals surface area contributed by atoms with Crippen LogP contribution in [0, 0.1) is 5.41 Å². The number of nitrogens with one attached hydrogen (secondary N) is 2. The smallest absolute Gasteiger partial charge is 0.227 e. The van der Waals surface area contributed by atoms with Gasteiger partial charge in [0.2, 0.25) is 11.8 Å². The van der Waals surface area contributed by atoms with Crippen LogP contribution in [0.4, 0.5) is 0 Å². The van der Waals surface area contributed by atoms with E-state index in [9.17, 15) is 9.59 Å². The molecule has 4 N–H and O–H groups in total. The predicted molar refractivity (Wildman–Crippen MR) is 127 cm³/mol. The van der Waals surface area contributed by atoms with Crippen LogP contribution in [0.5, 0.6) is 0 Å². The highest BCUT2D eigenvalue weighted by molar-refractivity contribution is 7.18. The number of thiazole rings is 1. The molecule has 1 fully saturated rings. The summed E-state index contributed by atoms with van der Waals surface area (Å²) in [6.07, 6.45) is 5.96. The van der Waals surface area contributed by atoms with Crippen LogP contribution in [0.3, 0.4) is 0 Å². The van der Waals surface area contributed by atoms with E-state index in [2.05, 4.69) is 42.7 Å². The highest BCUT2D eigenvalue weighted by Crippen LogP contribution is 2.35. The third kappa shape index (κ3) is 5.83. The SMILES string of the molecule is CCC(=O)N[C@H](CNC(=O)C1(CN)CCCCC1)Cc1nc2ccc(C(C)C)cc2s1. The average Bonchev–Trinajstić information content (AvgIpc) is 3.18. The number of fused-ring (bicyclic) bond motifs is 1. The largest absolute Gasteiger partial charge is 0.354 e. The van der Waals surface area contributed by atoms with Gasteiger partial charge in [-0.25, -0.2) is 4.98 Å². The summed E-state index contributed by atoms with van der Waals surface area (Å²) in [5.41, 5.74) is 7.83. The first kappa shape index (κ1) is 23.7. The molecule has 2 aromatic rings. The van der Waals surface area contributed by atoms with Gasteiger partial charge < -0.3 is 16.4 Å². The van der Waals surface area contributed by atoms with Gasteiger partial charge in [0.1, 0.15) is 0 Å². The maximum Gasteiger partial charge on any atom is 0.227 e. The summed E-state index contributed by atoms with van der Waals surface area (Å²) < 4.78 is 1.16. The van der Waals surface area contributed by atoms with Crippen molar-refractivity contribution in [3.05, 3.63) is 28.8 Å². The Morgan fingerprint density at radius 2 is 1.97 bits per heavy atom. The van der Waals surface area contributed by atoms with E-state index in [0.29, 0.717) is 31.8 Å². The van der Waals surface area contributed by atoms with Gasteiger partial charge in [-0.15, -0.1) is 11.3 Å². The molecule has 6 nitrogen and oxygen atoms in total. The molecule has 7 heteroatoms. The van der Waals surface area contributed by atoms with Crippen LogP contribution >= 0.6 is 11.3 Å². The molecule has 0 saturated heterocycles. The van der Waals surface area contributed by atoms with Crippen molar-refractivity contribution in [1.29, 1.82) is 0 Å². The van der Waals surface area contributed by atoms with E-state index in [0.717, 1.165) is 40.9 Å². The van der Waals surface area contributed by atoms with E-state index in [4.69, 9.17) is 10.7 Å². The van der Waals surface area contributed by atoms with E-state index in [1.807, 2.05) is 6.92 Å². The number of rotatable bonds is 9. The van der Waals surface area contributed by atoms with Crippen molar-refractivity contribution in [1.82, 2.24) is 15.6 Å². The van der Waals surface area contributed by atoms with Crippen molar-refractivity contribution < 1.29 is 9.59 Å².